The Kier molecular flexibility index (Phi) is 8.62. The minimum atomic E-state index is -3.71. The number of hydrogen-bond acceptors (Lipinski definition) is 8. The van der Waals surface area contributed by atoms with Crippen molar-refractivity contribution in [1.29, 1.82) is 0 Å². The van der Waals surface area contributed by atoms with Crippen molar-refractivity contribution in [2.24, 2.45) is 5.10 Å². The van der Waals surface area contributed by atoms with Crippen molar-refractivity contribution in [2.75, 3.05) is 18.1 Å². The number of aromatic nitrogens is 1. The number of amides is 1. The van der Waals surface area contributed by atoms with Gasteiger partial charge in [0.2, 0.25) is 20.6 Å². The largest absolute Gasteiger partial charge is 0.463 e. The molecule has 216 valence electrons. The molecule has 0 radical (unpaired) electrons. The summed E-state index contributed by atoms with van der Waals surface area (Å²) in [5.41, 5.74) is 2.28. The molecule has 1 amide bonds. The average Bonchev–Trinajstić information content (AvgIpc) is 3.41. The van der Waals surface area contributed by atoms with Crippen LogP contribution in [0.2, 0.25) is 0 Å². The van der Waals surface area contributed by atoms with Gasteiger partial charge in [0, 0.05) is 18.7 Å². The molecule has 9 nitrogen and oxygen atoms in total. The van der Waals surface area contributed by atoms with Gasteiger partial charge in [-0.05, 0) is 67.4 Å². The Bertz CT molecular complexity index is 1950. The zero-order chi connectivity index (χ0) is 29.9. The first-order chi connectivity index (χ1) is 20.2. The summed E-state index contributed by atoms with van der Waals surface area (Å²) in [6.07, 6.45) is 4.21. The van der Waals surface area contributed by atoms with Crippen LogP contribution in [0.1, 0.15) is 48.2 Å². The van der Waals surface area contributed by atoms with Gasteiger partial charge in [0.1, 0.15) is 11.8 Å². The van der Waals surface area contributed by atoms with Crippen LogP contribution in [-0.4, -0.2) is 42.9 Å². The van der Waals surface area contributed by atoms with Gasteiger partial charge in [0.15, 0.2) is 0 Å². The van der Waals surface area contributed by atoms with E-state index in [9.17, 15) is 18.0 Å². The number of nitrogens with zero attached hydrogens (tertiary/aromatic N) is 4. The minimum absolute atomic E-state index is 0.108. The molecule has 0 atom stereocenters. The lowest BCUT2D eigenvalue weighted by molar-refractivity contribution is 0.0987. The van der Waals surface area contributed by atoms with Crippen LogP contribution in [0.25, 0.3) is 21.2 Å². The second kappa shape index (κ2) is 12.4. The fraction of sp³-hybridized carbons (Fsp3) is 0.226. The third-order valence-electron chi connectivity index (χ3n) is 6.78. The zero-order valence-electron chi connectivity index (χ0n) is 23.5. The standard InChI is InChI=1S/C31H30N4O5S2/c1-4-6-17-34(5-2)42(38,39)24-14-12-22(13-15-24)30(37)35(31-33-26-16-11-21(3)18-28(26)41-31)32-19-23-20-40-27-10-8-7-9-25(27)29(23)36/h7-16,18-20H,4-6,17H2,1-3H3/b32-19+. The Morgan fingerprint density at radius 3 is 2.57 bits per heavy atom. The van der Waals surface area contributed by atoms with E-state index in [4.69, 9.17) is 4.42 Å². The molecule has 2 aromatic heterocycles. The summed E-state index contributed by atoms with van der Waals surface area (Å²) in [4.78, 5) is 31.6. The maximum absolute atomic E-state index is 13.8. The summed E-state index contributed by atoms with van der Waals surface area (Å²) in [6, 6.07) is 18.4. The number of anilines is 1. The lowest BCUT2D eigenvalue weighted by Gasteiger charge is -2.20. The number of hydrazone groups is 1. The van der Waals surface area contributed by atoms with Gasteiger partial charge in [0.05, 0.1) is 32.3 Å². The second-order valence-corrected chi connectivity index (χ2v) is 12.7. The van der Waals surface area contributed by atoms with Gasteiger partial charge in [-0.2, -0.15) is 14.4 Å². The number of carbonyl (C=O) groups excluding carboxylic acids is 1. The number of benzene rings is 3. The van der Waals surface area contributed by atoms with E-state index in [-0.39, 0.29) is 21.5 Å². The normalized spacial score (nSPS) is 12.1. The molecule has 42 heavy (non-hydrogen) atoms. The Morgan fingerprint density at radius 1 is 1.07 bits per heavy atom. The van der Waals surface area contributed by atoms with Gasteiger partial charge in [-0.25, -0.2) is 13.4 Å². The minimum Gasteiger partial charge on any atom is -0.463 e. The lowest BCUT2D eigenvalue weighted by atomic mass is 10.2. The molecule has 0 aliphatic carbocycles. The van der Waals surface area contributed by atoms with E-state index >= 15 is 0 Å². The van der Waals surface area contributed by atoms with Crippen molar-refractivity contribution >= 4 is 59.8 Å². The fourth-order valence-electron chi connectivity index (χ4n) is 4.42. The van der Waals surface area contributed by atoms with Crippen molar-refractivity contribution in [3.8, 4) is 0 Å². The molecular weight excluding hydrogens is 572 g/mol. The third-order valence-corrected chi connectivity index (χ3v) is 9.76. The highest BCUT2D eigenvalue weighted by Crippen LogP contribution is 2.31. The molecule has 0 unspecified atom stereocenters. The number of fused-ring (bicyclic) bond motifs is 2. The molecule has 0 aliphatic heterocycles. The van der Waals surface area contributed by atoms with Crippen molar-refractivity contribution in [3.05, 3.63) is 99.9 Å². The van der Waals surface area contributed by atoms with Gasteiger partial charge >= 0.3 is 0 Å². The first-order valence-electron chi connectivity index (χ1n) is 13.6. The number of rotatable bonds is 10. The SMILES string of the molecule is CCCCN(CC)S(=O)(=O)c1ccc(C(=O)N(/N=C/c2coc3ccccc3c2=O)c2nc3ccc(C)cc3s2)cc1. The van der Waals surface area contributed by atoms with Crippen LogP contribution < -0.4 is 10.4 Å². The molecule has 0 fully saturated rings. The molecule has 5 rings (SSSR count). The van der Waals surface area contributed by atoms with Gasteiger partial charge in [-0.1, -0.05) is 49.8 Å². The van der Waals surface area contributed by atoms with Crippen molar-refractivity contribution in [1.82, 2.24) is 9.29 Å². The number of para-hydroxylation sites is 1. The predicted molar refractivity (Wildman–Crippen MR) is 167 cm³/mol. The number of thiazole rings is 1. The monoisotopic (exact) mass is 602 g/mol. The number of sulfonamides is 1. The topological polar surface area (TPSA) is 113 Å². The van der Waals surface area contributed by atoms with Gasteiger partial charge in [-0.3, -0.25) is 9.59 Å². The molecule has 0 spiro atoms. The highest BCUT2D eigenvalue weighted by atomic mass is 32.2. The van der Waals surface area contributed by atoms with E-state index in [1.807, 2.05) is 32.0 Å². The van der Waals surface area contributed by atoms with E-state index in [2.05, 4.69) is 10.1 Å². The molecule has 0 bridgehead atoms. The van der Waals surface area contributed by atoms with Crippen molar-refractivity contribution < 1.29 is 17.6 Å². The second-order valence-electron chi connectivity index (χ2n) is 9.72. The summed E-state index contributed by atoms with van der Waals surface area (Å²) in [5, 5.41) is 6.21. The summed E-state index contributed by atoms with van der Waals surface area (Å²) < 4.78 is 34.3. The van der Waals surface area contributed by atoms with Gasteiger partial charge < -0.3 is 4.42 Å². The fourth-order valence-corrected chi connectivity index (χ4v) is 6.93. The van der Waals surface area contributed by atoms with Gasteiger partial charge in [0.25, 0.3) is 5.91 Å². The van der Waals surface area contributed by atoms with Crippen molar-refractivity contribution in [2.45, 2.75) is 38.5 Å². The molecule has 0 saturated carbocycles. The molecule has 11 heteroatoms. The van der Waals surface area contributed by atoms with E-state index in [0.717, 1.165) is 28.1 Å². The predicted octanol–water partition coefficient (Wildman–Crippen LogP) is 6.20. The molecule has 3 aromatic carbocycles. The Labute approximate surface area is 247 Å². The smallest absolute Gasteiger partial charge is 0.280 e. The third kappa shape index (κ3) is 5.89. The molecule has 2 heterocycles. The summed E-state index contributed by atoms with van der Waals surface area (Å²) in [6.45, 7) is 6.56. The molecule has 0 N–H and O–H groups in total. The molecule has 5 aromatic rings. The van der Waals surface area contributed by atoms with E-state index in [1.54, 1.807) is 31.2 Å². The first-order valence-corrected chi connectivity index (χ1v) is 15.8. The van der Waals surface area contributed by atoms with Crippen LogP contribution in [0.3, 0.4) is 0 Å². The number of aryl methyl sites for hydroxylation is 1. The van der Waals surface area contributed by atoms with Gasteiger partial charge in [-0.15, -0.1) is 0 Å². The van der Waals surface area contributed by atoms with Crippen LogP contribution in [0, 0.1) is 6.92 Å². The highest BCUT2D eigenvalue weighted by molar-refractivity contribution is 7.89. The van der Waals surface area contributed by atoms with Crippen LogP contribution in [0.5, 0.6) is 0 Å². The number of hydrogen-bond donors (Lipinski definition) is 0. The molecule has 0 saturated heterocycles. The maximum Gasteiger partial charge on any atom is 0.280 e. The summed E-state index contributed by atoms with van der Waals surface area (Å²) in [7, 11) is -3.71. The van der Waals surface area contributed by atoms with Crippen molar-refractivity contribution in [3.63, 3.8) is 0 Å². The molecular formula is C31H30N4O5S2. The Balaban J connectivity index is 1.52. The van der Waals surface area contributed by atoms with Crippen LogP contribution >= 0.6 is 11.3 Å². The average molecular weight is 603 g/mol. The first kappa shape index (κ1) is 29.3. The number of carbonyl (C=O) groups is 1. The Hall–Kier alpha value is -4.19. The quantitative estimate of drug-likeness (QED) is 0.139. The van der Waals surface area contributed by atoms with Crippen LogP contribution in [-0.2, 0) is 10.0 Å². The van der Waals surface area contributed by atoms with E-state index < -0.39 is 15.9 Å². The zero-order valence-corrected chi connectivity index (χ0v) is 25.1. The van der Waals surface area contributed by atoms with Crippen LogP contribution in [0.15, 0.2) is 92.2 Å². The van der Waals surface area contributed by atoms with E-state index in [0.29, 0.717) is 34.7 Å². The lowest BCUT2D eigenvalue weighted by Crippen LogP contribution is -2.32. The number of unbranched alkanes of at least 4 members (excludes halogenated alkanes) is 1. The highest BCUT2D eigenvalue weighted by Gasteiger charge is 2.25. The summed E-state index contributed by atoms with van der Waals surface area (Å²) in [5.74, 6) is -0.533. The summed E-state index contributed by atoms with van der Waals surface area (Å²) >= 11 is 1.28. The van der Waals surface area contributed by atoms with Crippen LogP contribution in [0.4, 0.5) is 5.13 Å². The maximum atomic E-state index is 13.8. The molecule has 0 aliphatic rings. The Morgan fingerprint density at radius 2 is 1.83 bits per heavy atom. The van der Waals surface area contributed by atoms with E-state index in [1.165, 1.54) is 52.4 Å².